The molecule has 0 aliphatic rings. The van der Waals surface area contributed by atoms with E-state index < -0.39 is 20.8 Å². The smallest absolute Gasteiger partial charge is 0.250 e. The van der Waals surface area contributed by atoms with Gasteiger partial charge in [0.2, 0.25) is 27.5 Å². The molecule has 0 aliphatic carbocycles. The predicted molar refractivity (Wildman–Crippen MR) is 113 cm³/mol. The molecule has 0 spiro atoms. The van der Waals surface area contributed by atoms with Gasteiger partial charge in [0.05, 0.1) is 13.2 Å². The Labute approximate surface area is 190 Å². The molecule has 0 unspecified atom stereocenters. The van der Waals surface area contributed by atoms with Gasteiger partial charge in [0.1, 0.15) is 6.54 Å². The molecule has 0 saturated heterocycles. The first-order chi connectivity index (χ1) is 15.0. The maximum atomic E-state index is 9.45. The molecule has 0 amide bonds. The second-order valence-corrected chi connectivity index (χ2v) is 7.73. The van der Waals surface area contributed by atoms with Crippen LogP contribution in [0.2, 0.25) is 0 Å². The number of pyridine rings is 2. The molecule has 0 atom stereocenters. The van der Waals surface area contributed by atoms with Crippen molar-refractivity contribution in [2.24, 2.45) is 0 Å². The molecule has 0 fully saturated rings. The van der Waals surface area contributed by atoms with Crippen LogP contribution >= 0.6 is 0 Å². The van der Waals surface area contributed by atoms with Crippen molar-refractivity contribution in [1.29, 1.82) is 0 Å². The van der Waals surface area contributed by atoms with E-state index in [0.29, 0.717) is 0 Å². The Morgan fingerprint density at radius 3 is 1.31 bits per heavy atom. The molecular weight excluding hydrogens is 464 g/mol. The summed E-state index contributed by atoms with van der Waals surface area (Å²) in [5.41, 5.74) is 0. The van der Waals surface area contributed by atoms with Crippen LogP contribution in [0.25, 0.3) is 0 Å². The van der Waals surface area contributed by atoms with Crippen LogP contribution in [-0.4, -0.2) is 44.3 Å². The van der Waals surface area contributed by atoms with Crippen molar-refractivity contribution in [3.05, 3.63) is 61.2 Å². The van der Waals surface area contributed by atoms with Crippen LogP contribution in [0.5, 0.6) is 0 Å². The van der Waals surface area contributed by atoms with Gasteiger partial charge in [-0.05, 0) is 13.8 Å². The van der Waals surface area contributed by atoms with E-state index in [-0.39, 0.29) is 19.9 Å². The zero-order chi connectivity index (χ0) is 24.9. The van der Waals surface area contributed by atoms with Gasteiger partial charge in [0.25, 0.3) is 0 Å². The lowest BCUT2D eigenvalue weighted by atomic mass is 10.3. The molecule has 0 aliphatic heterocycles. The molecule has 0 bridgehead atoms. The summed E-state index contributed by atoms with van der Waals surface area (Å²) in [6.45, 7) is 6.09. The van der Waals surface area contributed by atoms with Crippen LogP contribution in [0.3, 0.4) is 0 Å². The minimum absolute atomic E-state index is 0.0564. The number of aryl methyl sites for hydroxylation is 1. The average molecular weight is 497 g/mol. The molecule has 2 aromatic heterocycles. The van der Waals surface area contributed by atoms with Gasteiger partial charge in [-0.2, -0.15) is 4.57 Å². The van der Waals surface area contributed by atoms with E-state index in [1.54, 1.807) is 17.0 Å². The maximum absolute atomic E-state index is 9.45. The van der Waals surface area contributed by atoms with Gasteiger partial charge in [-0.1, -0.05) is 25.5 Å². The lowest BCUT2D eigenvalue weighted by Crippen LogP contribution is -2.31. The summed E-state index contributed by atoms with van der Waals surface area (Å²) in [6, 6.07) is 11.8. The summed E-state index contributed by atoms with van der Waals surface area (Å²) in [4.78, 5) is 0. The number of aromatic nitrogens is 2. The fourth-order valence-corrected chi connectivity index (χ4v) is 2.32. The van der Waals surface area contributed by atoms with Crippen molar-refractivity contribution in [3.63, 3.8) is 0 Å². The highest BCUT2D eigenvalue weighted by Crippen LogP contribution is 1.85. The topological polar surface area (TPSA) is 161 Å². The van der Waals surface area contributed by atoms with E-state index in [9.17, 15) is 25.9 Å². The Bertz CT molecular complexity index is 846. The Hall–Kier alpha value is -2.00. The van der Waals surface area contributed by atoms with Crippen molar-refractivity contribution in [2.75, 3.05) is 13.2 Å². The van der Waals surface area contributed by atoms with E-state index in [4.69, 9.17) is 5.11 Å². The normalized spacial score (nSPS) is 10.4. The van der Waals surface area contributed by atoms with Crippen LogP contribution < -0.4 is 9.13 Å². The second-order valence-electron chi connectivity index (χ2n) is 5.63. The van der Waals surface area contributed by atoms with Crippen LogP contribution in [0.1, 0.15) is 33.6 Å². The SMILES string of the molecule is CCCC[n+]1ccccc1.CCOS(=O)(=O)[O-].CCOS(=O)(=O)[O-].OC[n+]1ccccc1. The Morgan fingerprint density at radius 2 is 1.09 bits per heavy atom. The fourth-order valence-electron chi connectivity index (χ4n) is 1.74. The fraction of sp³-hybridized carbons (Fsp3) is 0.474. The zero-order valence-electron chi connectivity index (χ0n) is 18.4. The third kappa shape index (κ3) is 26.0. The number of hydrogen-bond donors (Lipinski definition) is 1. The number of rotatable bonds is 8. The summed E-state index contributed by atoms with van der Waals surface area (Å²) in [7, 11) is -8.85. The lowest BCUT2D eigenvalue weighted by molar-refractivity contribution is -0.729. The summed E-state index contributed by atoms with van der Waals surface area (Å²) in [5.74, 6) is 0. The molecule has 2 heterocycles. The van der Waals surface area contributed by atoms with E-state index in [1.165, 1.54) is 26.7 Å². The predicted octanol–water partition coefficient (Wildman–Crippen LogP) is 0.664. The van der Waals surface area contributed by atoms with Crippen LogP contribution in [0.4, 0.5) is 0 Å². The highest BCUT2D eigenvalue weighted by molar-refractivity contribution is 7.81. The van der Waals surface area contributed by atoms with Crippen LogP contribution in [0.15, 0.2) is 61.2 Å². The van der Waals surface area contributed by atoms with Crippen LogP contribution in [0, 0.1) is 0 Å². The number of aliphatic hydroxyl groups is 1. The van der Waals surface area contributed by atoms with Crippen molar-refractivity contribution >= 4 is 20.8 Å². The van der Waals surface area contributed by atoms with Crippen molar-refractivity contribution in [3.8, 4) is 0 Å². The van der Waals surface area contributed by atoms with Gasteiger partial charge in [-0.25, -0.2) is 21.4 Å². The van der Waals surface area contributed by atoms with E-state index >= 15 is 0 Å². The first-order valence-corrected chi connectivity index (χ1v) is 12.3. The number of nitrogens with zero attached hydrogens (tertiary/aromatic N) is 2. The third-order valence-corrected chi connectivity index (χ3v) is 4.06. The summed E-state index contributed by atoms with van der Waals surface area (Å²) in [6.07, 6.45) is 10.4. The highest BCUT2D eigenvalue weighted by Gasteiger charge is 1.93. The van der Waals surface area contributed by atoms with Crippen molar-refractivity contribution in [2.45, 2.75) is 46.9 Å². The van der Waals surface area contributed by atoms with Gasteiger partial charge in [-0.15, -0.1) is 0 Å². The van der Waals surface area contributed by atoms with Crippen LogP contribution in [-0.2, 0) is 42.4 Å². The molecule has 184 valence electrons. The molecule has 2 rings (SSSR count). The second kappa shape index (κ2) is 19.7. The van der Waals surface area contributed by atoms with E-state index in [1.807, 2.05) is 24.3 Å². The number of unbranched alkanes of at least 4 members (excludes halogenated alkanes) is 1. The first-order valence-electron chi connectivity index (χ1n) is 9.68. The van der Waals surface area contributed by atoms with E-state index in [0.717, 1.165) is 6.54 Å². The minimum atomic E-state index is -4.42. The summed E-state index contributed by atoms with van der Waals surface area (Å²) < 4.78 is 67.9. The zero-order valence-corrected chi connectivity index (χ0v) is 20.1. The van der Waals surface area contributed by atoms with Gasteiger partial charge in [0.15, 0.2) is 24.8 Å². The molecule has 2 aromatic rings. The van der Waals surface area contributed by atoms with Gasteiger partial charge < -0.3 is 14.2 Å². The molecule has 1 N–H and O–H groups in total. The molecule has 0 radical (unpaired) electrons. The standard InChI is InChI=1S/C9H14N.C6H8NO.2C2H6O4S/c1-2-3-7-10-8-5-4-6-9-10;8-6-7-4-2-1-3-5-7;2*1-2-6-7(3,4)5/h4-6,8-9H,2-3,7H2,1H3;1-5,8H,6H2;2*2H2,1H3,(H,3,4,5)/q2*+1;;/p-2. The van der Waals surface area contributed by atoms with Gasteiger partial charge in [-0.3, -0.25) is 8.37 Å². The molecule has 0 saturated carbocycles. The Morgan fingerprint density at radius 1 is 0.719 bits per heavy atom. The Kier molecular flexibility index (Phi) is 19.8. The molecule has 0 aromatic carbocycles. The lowest BCUT2D eigenvalue weighted by Gasteiger charge is -2.02. The number of aliphatic hydroxyl groups excluding tert-OH is 1. The maximum Gasteiger partial charge on any atom is 0.250 e. The largest absolute Gasteiger partial charge is 0.726 e. The van der Waals surface area contributed by atoms with Crippen molar-refractivity contribution in [1.82, 2.24) is 0 Å². The average Bonchev–Trinajstić information content (AvgIpc) is 2.73. The summed E-state index contributed by atoms with van der Waals surface area (Å²) in [5, 5.41) is 8.50. The number of hydrogen-bond acceptors (Lipinski definition) is 9. The van der Waals surface area contributed by atoms with Crippen molar-refractivity contribution < 1.29 is 48.5 Å². The quantitative estimate of drug-likeness (QED) is 0.314. The molecule has 32 heavy (non-hydrogen) atoms. The highest BCUT2D eigenvalue weighted by atomic mass is 32.3. The molecule has 13 heteroatoms. The third-order valence-electron chi connectivity index (χ3n) is 3.01. The van der Waals surface area contributed by atoms with E-state index in [2.05, 4.69) is 44.4 Å². The van der Waals surface area contributed by atoms with Gasteiger partial charge in [0, 0.05) is 30.7 Å². The Balaban J connectivity index is 0. The van der Waals surface area contributed by atoms with Gasteiger partial charge >= 0.3 is 0 Å². The summed E-state index contributed by atoms with van der Waals surface area (Å²) >= 11 is 0. The monoisotopic (exact) mass is 496 g/mol. The first kappa shape index (κ1) is 32.2. The minimum Gasteiger partial charge on any atom is -0.726 e. The molecular formula is C19H32N2O9S2. The molecule has 11 nitrogen and oxygen atoms in total.